The zero-order valence-electron chi connectivity index (χ0n) is 39.6. The zero-order valence-corrected chi connectivity index (χ0v) is 44.4. The van der Waals surface area contributed by atoms with Gasteiger partial charge in [0.2, 0.25) is 11.7 Å². The van der Waals surface area contributed by atoms with E-state index in [9.17, 15) is 23.2 Å². The number of ether oxygens (including phenoxy) is 2. The molecule has 0 atom stereocenters. The van der Waals surface area contributed by atoms with E-state index < -0.39 is 20.3 Å². The Balaban J connectivity index is 0.000000205. The Morgan fingerprint density at radius 3 is 1.73 bits per heavy atom. The summed E-state index contributed by atoms with van der Waals surface area (Å²) >= 11 is 6.90. The van der Waals surface area contributed by atoms with E-state index >= 15 is 0 Å². The summed E-state index contributed by atoms with van der Waals surface area (Å²) in [5.74, 6) is 1.86. The van der Waals surface area contributed by atoms with E-state index in [-0.39, 0.29) is 17.1 Å². The van der Waals surface area contributed by atoms with Crippen LogP contribution < -0.4 is 10.5 Å². The highest BCUT2D eigenvalue weighted by Gasteiger charge is 2.26. The molecule has 0 saturated carbocycles. The molecule has 7 rings (SSSR count). The Hall–Kier alpha value is -5.24. The number of carbonyl (C=O) groups excluding carboxylic acids is 2. The molecule has 4 aromatic heterocycles. The van der Waals surface area contributed by atoms with Gasteiger partial charge in [0.05, 0.1) is 39.9 Å². The highest BCUT2D eigenvalue weighted by Crippen LogP contribution is 2.32. The van der Waals surface area contributed by atoms with Gasteiger partial charge in [-0.1, -0.05) is 49.6 Å². The van der Waals surface area contributed by atoms with Crippen LogP contribution in [0.15, 0.2) is 80.7 Å². The molecular formula is C47H58Br2ClN9O7S. The Bertz CT molecular complexity index is 3040. The van der Waals surface area contributed by atoms with Crippen molar-refractivity contribution < 1.29 is 32.2 Å². The number of nitrogens with two attached hydrogens (primary N) is 1. The van der Waals surface area contributed by atoms with E-state index in [0.717, 1.165) is 58.2 Å². The van der Waals surface area contributed by atoms with Gasteiger partial charge in [-0.3, -0.25) is 0 Å². The highest BCUT2D eigenvalue weighted by molar-refractivity contribution is 9.10. The van der Waals surface area contributed by atoms with Crippen LogP contribution in [0.5, 0.6) is 0 Å². The fourth-order valence-corrected chi connectivity index (χ4v) is 8.59. The number of benzene rings is 3. The number of aryl methyl sites for hydroxylation is 3. The molecule has 0 radical (unpaired) electrons. The number of hydrogen-bond donors (Lipinski definition) is 1. The van der Waals surface area contributed by atoms with E-state index in [4.69, 9.17) is 30.9 Å². The van der Waals surface area contributed by atoms with Crippen molar-refractivity contribution in [3.63, 3.8) is 0 Å². The van der Waals surface area contributed by atoms with Gasteiger partial charge in [-0.05, 0) is 119 Å². The Morgan fingerprint density at radius 1 is 0.746 bits per heavy atom. The van der Waals surface area contributed by atoms with Gasteiger partial charge in [0.25, 0.3) is 9.05 Å². The SMILES string of the molecule is CCN(Cc1nc2c(N)nc3cc(Br)ccc3c2n1CC)C(=O)OC(C)(C)C.CCN(Cc1nc2c[n+]([O-])c3cc(Br)ccc3c2n1CC)C(=O)OC(C)(C)C.Cc1ccc(S(=O)(=O)Cl)cc1. The first kappa shape index (κ1) is 52.7. The molecule has 0 saturated heterocycles. The summed E-state index contributed by atoms with van der Waals surface area (Å²) in [6, 6.07) is 17.9. The number of nitrogens with zero attached hydrogens (tertiary/aromatic N) is 8. The molecule has 0 aliphatic heterocycles. The van der Waals surface area contributed by atoms with Crippen LogP contribution in [0.2, 0.25) is 0 Å². The lowest BCUT2D eigenvalue weighted by molar-refractivity contribution is -0.575. The molecule has 2 N–H and O–H groups in total. The average Bonchev–Trinajstić information content (AvgIpc) is 3.78. The first-order chi connectivity index (χ1) is 31.3. The second kappa shape index (κ2) is 21.4. The standard InChI is InChI=1S/C20H26BrN5O2.C20H25BrN4O3.C7H7ClO2S/c1-6-25(19(27)28-20(3,4)5)11-15-24-16-17(26(15)7-2)13-9-8-12(21)10-14(13)23-18(16)22;1-6-23(19(26)28-20(3,4)5)12-17-22-15-11-25(27)16-10-13(21)8-9-14(16)18(15)24(17)7-2;1-6-2-4-7(5-3-6)11(8,9)10/h8-10H,6-7,11H2,1-5H3,(H2,22,23);8-11H,6-7,12H2,1-5H3;2-5H,1H3. The smallest absolute Gasteiger partial charge is 0.410 e. The summed E-state index contributed by atoms with van der Waals surface area (Å²) in [7, 11) is 1.54. The molecule has 20 heteroatoms. The molecule has 0 aliphatic carbocycles. The van der Waals surface area contributed by atoms with Crippen molar-refractivity contribution in [1.29, 1.82) is 0 Å². The van der Waals surface area contributed by atoms with Crippen LogP contribution in [0.25, 0.3) is 43.9 Å². The molecule has 0 fully saturated rings. The molecule has 7 aromatic rings. The topological polar surface area (TPSA) is 195 Å². The molecule has 0 aliphatic rings. The van der Waals surface area contributed by atoms with Crippen molar-refractivity contribution in [2.45, 2.75) is 118 Å². The molecule has 3 aromatic carbocycles. The van der Waals surface area contributed by atoms with Gasteiger partial charge < -0.3 is 39.3 Å². The largest absolute Gasteiger partial charge is 0.618 e. The summed E-state index contributed by atoms with van der Waals surface area (Å²) in [6.45, 7) is 23.9. The number of rotatable bonds is 9. The maximum Gasteiger partial charge on any atom is 0.410 e. The van der Waals surface area contributed by atoms with Crippen LogP contribution in [0.4, 0.5) is 15.4 Å². The van der Waals surface area contributed by atoms with Crippen LogP contribution in [0.3, 0.4) is 0 Å². The molecular weight excluding hydrogens is 1030 g/mol. The molecule has 360 valence electrons. The molecule has 16 nitrogen and oxygen atoms in total. The van der Waals surface area contributed by atoms with Crippen molar-refractivity contribution >= 4 is 113 Å². The van der Waals surface area contributed by atoms with Crippen LogP contribution in [0, 0.1) is 12.1 Å². The summed E-state index contributed by atoms with van der Waals surface area (Å²) in [5, 5.41) is 14.3. The molecule has 4 heterocycles. The fourth-order valence-electron chi connectivity index (χ4n) is 7.12. The number of carbonyl (C=O) groups is 2. The minimum atomic E-state index is -3.55. The molecule has 0 spiro atoms. The number of nitrogen functional groups attached to an aromatic ring is 1. The highest BCUT2D eigenvalue weighted by atomic mass is 79.9. The maximum atomic E-state index is 12.6. The van der Waals surface area contributed by atoms with Gasteiger partial charge in [0, 0.05) is 57.3 Å². The monoisotopic (exact) mass is 1090 g/mol. The van der Waals surface area contributed by atoms with Gasteiger partial charge in [0.15, 0.2) is 11.3 Å². The fraction of sp³-hybridized carbons (Fsp3) is 0.404. The third-order valence-corrected chi connectivity index (χ3v) is 12.5. The number of pyridine rings is 2. The predicted octanol–water partition coefficient (Wildman–Crippen LogP) is 11.0. The second-order valence-electron chi connectivity index (χ2n) is 17.5. The van der Waals surface area contributed by atoms with Gasteiger partial charge in [-0.15, -0.1) is 0 Å². The van der Waals surface area contributed by atoms with Gasteiger partial charge in [-0.2, -0.15) is 4.73 Å². The summed E-state index contributed by atoms with van der Waals surface area (Å²) in [6.07, 6.45) is 0.755. The normalized spacial score (nSPS) is 11.9. The Labute approximate surface area is 412 Å². The van der Waals surface area contributed by atoms with Crippen LogP contribution >= 0.6 is 42.5 Å². The van der Waals surface area contributed by atoms with Crippen molar-refractivity contribution in [2.24, 2.45) is 0 Å². The predicted molar refractivity (Wildman–Crippen MR) is 271 cm³/mol. The van der Waals surface area contributed by atoms with E-state index in [1.807, 2.05) is 99.6 Å². The summed E-state index contributed by atoms with van der Waals surface area (Å²) in [4.78, 5) is 42.4. The second-order valence-corrected chi connectivity index (χ2v) is 21.9. The molecule has 0 unspecified atom stereocenters. The van der Waals surface area contributed by atoms with E-state index in [1.54, 1.807) is 28.0 Å². The number of halogens is 3. The van der Waals surface area contributed by atoms with Gasteiger partial charge in [-0.25, -0.2) is 33.0 Å². The number of hydrogen-bond acceptors (Lipinski definition) is 11. The maximum absolute atomic E-state index is 12.6. The van der Waals surface area contributed by atoms with Crippen LogP contribution in [0.1, 0.15) is 86.4 Å². The van der Waals surface area contributed by atoms with Crippen molar-refractivity contribution in [3.05, 3.63) is 98.2 Å². The van der Waals surface area contributed by atoms with Gasteiger partial charge >= 0.3 is 12.2 Å². The number of amides is 2. The van der Waals surface area contributed by atoms with Crippen molar-refractivity contribution in [1.82, 2.24) is 33.9 Å². The van der Waals surface area contributed by atoms with E-state index in [0.29, 0.717) is 61.6 Å². The first-order valence-corrected chi connectivity index (χ1v) is 25.6. The van der Waals surface area contributed by atoms with Gasteiger partial charge in [0.1, 0.15) is 28.4 Å². The van der Waals surface area contributed by atoms with Crippen LogP contribution in [-0.2, 0) is 44.7 Å². The average molecular weight is 1090 g/mol. The lowest BCUT2D eigenvalue weighted by atomic mass is 10.2. The van der Waals surface area contributed by atoms with E-state index in [2.05, 4.69) is 57.9 Å². The van der Waals surface area contributed by atoms with Crippen molar-refractivity contribution in [2.75, 3.05) is 18.8 Å². The van der Waals surface area contributed by atoms with Crippen LogP contribution in [-0.4, -0.2) is 78.8 Å². The van der Waals surface area contributed by atoms with E-state index in [1.165, 1.54) is 18.3 Å². The number of aromatic nitrogens is 6. The quantitative estimate of drug-likeness (QED) is 0.0821. The molecule has 2 amide bonds. The minimum Gasteiger partial charge on any atom is -0.618 e. The Morgan fingerprint density at radius 2 is 1.24 bits per heavy atom. The third kappa shape index (κ3) is 13.1. The number of imidazole rings is 2. The summed E-state index contributed by atoms with van der Waals surface area (Å²) < 4.78 is 39.2. The minimum absolute atomic E-state index is 0.143. The lowest BCUT2D eigenvalue weighted by Gasteiger charge is -2.26. The Kier molecular flexibility index (Phi) is 16.8. The summed E-state index contributed by atoms with van der Waals surface area (Å²) in [5.41, 5.74) is 10.6. The molecule has 67 heavy (non-hydrogen) atoms. The number of fused-ring (bicyclic) bond motifs is 6. The molecule has 0 bridgehead atoms. The van der Waals surface area contributed by atoms with Crippen molar-refractivity contribution in [3.8, 4) is 0 Å². The number of anilines is 1. The first-order valence-electron chi connectivity index (χ1n) is 21.7. The zero-order chi connectivity index (χ0) is 49.8. The third-order valence-electron chi connectivity index (χ3n) is 10.2. The lowest BCUT2D eigenvalue weighted by Crippen LogP contribution is -2.37.